The van der Waals surface area contributed by atoms with Crippen molar-refractivity contribution < 1.29 is 22.7 Å². The second kappa shape index (κ2) is 8.79. The molecule has 0 aliphatic rings. The van der Waals surface area contributed by atoms with Crippen LogP contribution in [0.15, 0.2) is 29.2 Å². The summed E-state index contributed by atoms with van der Waals surface area (Å²) in [6.07, 6.45) is 0.104. The Bertz CT molecular complexity index is 666. The molecule has 1 amide bonds. The molecule has 0 bridgehead atoms. The van der Waals surface area contributed by atoms with E-state index in [0.717, 1.165) is 0 Å². The summed E-state index contributed by atoms with van der Waals surface area (Å²) >= 11 is 0. The highest BCUT2D eigenvalue weighted by atomic mass is 32.2. The van der Waals surface area contributed by atoms with Crippen LogP contribution in [0.1, 0.15) is 30.6 Å². The standard InChI is InChI=1S/C16H24N2O5S/c1-5-18(6-2)24(21,22)14-9-7-13(8-10-14)16(20)17(3)12-11-15(19)23-4/h7-10H,5-6,11-12H2,1-4H3. The molecule has 0 saturated heterocycles. The summed E-state index contributed by atoms with van der Waals surface area (Å²) in [5.74, 6) is -0.680. The molecule has 0 N–H and O–H groups in total. The molecular formula is C16H24N2O5S. The quantitative estimate of drug-likeness (QED) is 0.657. The fourth-order valence-corrected chi connectivity index (χ4v) is 3.62. The van der Waals surface area contributed by atoms with E-state index in [4.69, 9.17) is 0 Å². The molecule has 8 heteroatoms. The van der Waals surface area contributed by atoms with Crippen LogP contribution >= 0.6 is 0 Å². The summed E-state index contributed by atoms with van der Waals surface area (Å²) in [7, 11) is -0.675. The van der Waals surface area contributed by atoms with Gasteiger partial charge in [0.15, 0.2) is 0 Å². The summed E-state index contributed by atoms with van der Waals surface area (Å²) < 4.78 is 30.7. The minimum absolute atomic E-state index is 0.104. The fraction of sp³-hybridized carbons (Fsp3) is 0.500. The van der Waals surface area contributed by atoms with Crippen molar-refractivity contribution in [1.82, 2.24) is 9.21 Å². The Morgan fingerprint density at radius 2 is 1.62 bits per heavy atom. The molecule has 0 heterocycles. The predicted molar refractivity (Wildman–Crippen MR) is 90.1 cm³/mol. The molecule has 24 heavy (non-hydrogen) atoms. The maximum atomic E-state index is 12.4. The number of rotatable bonds is 8. The number of esters is 1. The number of carbonyl (C=O) groups is 2. The van der Waals surface area contributed by atoms with Crippen molar-refractivity contribution in [3.8, 4) is 0 Å². The maximum absolute atomic E-state index is 12.4. The first kappa shape index (κ1) is 20.1. The third-order valence-corrected chi connectivity index (χ3v) is 5.73. The number of hydrogen-bond acceptors (Lipinski definition) is 5. The van der Waals surface area contributed by atoms with Crippen molar-refractivity contribution in [3.05, 3.63) is 29.8 Å². The smallest absolute Gasteiger partial charge is 0.307 e. The minimum Gasteiger partial charge on any atom is -0.469 e. The summed E-state index contributed by atoms with van der Waals surface area (Å²) in [4.78, 5) is 24.9. The number of hydrogen-bond donors (Lipinski definition) is 0. The molecule has 0 saturated carbocycles. The molecule has 0 unspecified atom stereocenters. The maximum Gasteiger partial charge on any atom is 0.307 e. The molecule has 1 aromatic rings. The normalized spacial score (nSPS) is 11.4. The predicted octanol–water partition coefficient (Wildman–Crippen LogP) is 1.35. The van der Waals surface area contributed by atoms with Crippen molar-refractivity contribution >= 4 is 21.9 Å². The van der Waals surface area contributed by atoms with Crippen LogP contribution in [-0.2, 0) is 19.6 Å². The van der Waals surface area contributed by atoms with Crippen molar-refractivity contribution in [2.75, 3.05) is 33.8 Å². The Morgan fingerprint density at radius 3 is 2.08 bits per heavy atom. The molecule has 1 rings (SSSR count). The van der Waals surface area contributed by atoms with Crippen LogP contribution < -0.4 is 0 Å². The largest absolute Gasteiger partial charge is 0.469 e. The fourth-order valence-electron chi connectivity index (χ4n) is 2.17. The lowest BCUT2D eigenvalue weighted by molar-refractivity contribution is -0.140. The van der Waals surface area contributed by atoms with Crippen molar-refractivity contribution in [2.45, 2.75) is 25.2 Å². The minimum atomic E-state index is -3.54. The van der Waals surface area contributed by atoms with Gasteiger partial charge < -0.3 is 9.64 Å². The Kier molecular flexibility index (Phi) is 7.37. The molecule has 0 atom stereocenters. The van der Waals surface area contributed by atoms with E-state index in [1.165, 1.54) is 40.6 Å². The van der Waals surface area contributed by atoms with E-state index in [1.807, 2.05) is 0 Å². The first-order chi connectivity index (χ1) is 11.3. The lowest BCUT2D eigenvalue weighted by atomic mass is 10.2. The third-order valence-electron chi connectivity index (χ3n) is 3.67. The van der Waals surface area contributed by atoms with Gasteiger partial charge in [0.2, 0.25) is 10.0 Å². The SMILES string of the molecule is CCN(CC)S(=O)(=O)c1ccc(C(=O)N(C)CCC(=O)OC)cc1. The van der Waals surface area contributed by atoms with Crippen molar-refractivity contribution in [1.29, 1.82) is 0 Å². The molecule has 0 spiro atoms. The number of nitrogens with zero attached hydrogens (tertiary/aromatic N) is 2. The Labute approximate surface area is 143 Å². The topological polar surface area (TPSA) is 84.0 Å². The zero-order valence-electron chi connectivity index (χ0n) is 14.5. The van der Waals surface area contributed by atoms with Crippen molar-refractivity contribution in [3.63, 3.8) is 0 Å². The van der Waals surface area contributed by atoms with Gasteiger partial charge in [0.05, 0.1) is 18.4 Å². The molecular weight excluding hydrogens is 332 g/mol. The van der Waals surface area contributed by atoms with E-state index in [0.29, 0.717) is 18.7 Å². The van der Waals surface area contributed by atoms with Crippen LogP contribution in [0.2, 0.25) is 0 Å². The van der Waals surface area contributed by atoms with Gasteiger partial charge in [0.1, 0.15) is 0 Å². The molecule has 0 aliphatic heterocycles. The van der Waals surface area contributed by atoms with Crippen LogP contribution in [0.25, 0.3) is 0 Å². The van der Waals surface area contributed by atoms with E-state index in [9.17, 15) is 18.0 Å². The molecule has 1 aromatic carbocycles. The molecule has 0 aromatic heterocycles. The van der Waals surface area contributed by atoms with Crippen LogP contribution in [0.5, 0.6) is 0 Å². The highest BCUT2D eigenvalue weighted by molar-refractivity contribution is 7.89. The van der Waals surface area contributed by atoms with E-state index in [2.05, 4.69) is 4.74 Å². The van der Waals surface area contributed by atoms with Crippen LogP contribution in [0.3, 0.4) is 0 Å². The van der Waals surface area contributed by atoms with Crippen molar-refractivity contribution in [2.24, 2.45) is 0 Å². The Morgan fingerprint density at radius 1 is 1.08 bits per heavy atom. The zero-order valence-corrected chi connectivity index (χ0v) is 15.3. The molecule has 0 fully saturated rings. The van der Waals surface area contributed by atoms with Gasteiger partial charge in [-0.1, -0.05) is 13.8 Å². The Balaban J connectivity index is 2.87. The number of carbonyl (C=O) groups excluding carboxylic acids is 2. The van der Waals surface area contributed by atoms with Gasteiger partial charge in [-0.25, -0.2) is 8.42 Å². The van der Waals surface area contributed by atoms with E-state index < -0.39 is 16.0 Å². The van der Waals surface area contributed by atoms with Gasteiger partial charge in [0, 0.05) is 32.2 Å². The molecule has 0 radical (unpaired) electrons. The summed E-state index contributed by atoms with van der Waals surface area (Å²) in [6, 6.07) is 5.81. The van der Waals surface area contributed by atoms with Gasteiger partial charge in [-0.05, 0) is 24.3 Å². The Hall–Kier alpha value is -1.93. The first-order valence-electron chi connectivity index (χ1n) is 7.70. The van der Waals surface area contributed by atoms with E-state index in [1.54, 1.807) is 20.9 Å². The third kappa shape index (κ3) is 4.78. The average molecular weight is 356 g/mol. The lowest BCUT2D eigenvalue weighted by Crippen LogP contribution is -2.31. The average Bonchev–Trinajstić information content (AvgIpc) is 2.59. The molecule has 134 valence electrons. The zero-order chi connectivity index (χ0) is 18.3. The number of sulfonamides is 1. The van der Waals surface area contributed by atoms with Gasteiger partial charge in [-0.15, -0.1) is 0 Å². The van der Waals surface area contributed by atoms with Crippen LogP contribution in [-0.4, -0.2) is 63.3 Å². The van der Waals surface area contributed by atoms with E-state index in [-0.39, 0.29) is 23.8 Å². The second-order valence-electron chi connectivity index (χ2n) is 5.17. The summed E-state index contributed by atoms with van der Waals surface area (Å²) in [5, 5.41) is 0. The van der Waals surface area contributed by atoms with Crippen LogP contribution in [0, 0.1) is 0 Å². The van der Waals surface area contributed by atoms with Crippen LogP contribution in [0.4, 0.5) is 0 Å². The monoisotopic (exact) mass is 356 g/mol. The lowest BCUT2D eigenvalue weighted by Gasteiger charge is -2.19. The van der Waals surface area contributed by atoms with Gasteiger partial charge in [0.25, 0.3) is 5.91 Å². The second-order valence-corrected chi connectivity index (χ2v) is 7.10. The molecule has 7 nitrogen and oxygen atoms in total. The van der Waals surface area contributed by atoms with Gasteiger partial charge in [-0.2, -0.15) is 4.31 Å². The number of benzene rings is 1. The summed E-state index contributed by atoms with van der Waals surface area (Å²) in [6.45, 7) is 4.54. The first-order valence-corrected chi connectivity index (χ1v) is 9.14. The van der Waals surface area contributed by atoms with E-state index >= 15 is 0 Å². The number of amides is 1. The number of methoxy groups -OCH3 is 1. The van der Waals surface area contributed by atoms with Gasteiger partial charge in [-0.3, -0.25) is 9.59 Å². The molecule has 0 aliphatic carbocycles. The summed E-state index contributed by atoms with van der Waals surface area (Å²) in [5.41, 5.74) is 0.362. The van der Waals surface area contributed by atoms with Gasteiger partial charge >= 0.3 is 5.97 Å². The number of ether oxygens (including phenoxy) is 1. The highest BCUT2D eigenvalue weighted by Gasteiger charge is 2.22. The highest BCUT2D eigenvalue weighted by Crippen LogP contribution is 2.17.